The average molecular weight is 156 g/mol. The lowest BCUT2D eigenvalue weighted by Crippen LogP contribution is -2.35. The Morgan fingerprint density at radius 2 is 2.36 bits per heavy atom. The molecule has 11 heavy (non-hydrogen) atoms. The van der Waals surface area contributed by atoms with Crippen LogP contribution in [0.15, 0.2) is 0 Å². The fourth-order valence-electron chi connectivity index (χ4n) is 1.99. The molecular formula is C7H12N2O2. The Hall–Kier alpha value is -0.610. The Morgan fingerprint density at radius 3 is 3.09 bits per heavy atom. The molecule has 2 saturated heterocycles. The molecule has 2 aliphatic heterocycles. The van der Waals surface area contributed by atoms with E-state index >= 15 is 0 Å². The summed E-state index contributed by atoms with van der Waals surface area (Å²) in [5.41, 5.74) is 0. The van der Waals surface area contributed by atoms with Gasteiger partial charge in [-0.2, -0.15) is 0 Å². The van der Waals surface area contributed by atoms with Crippen LogP contribution in [0.1, 0.15) is 0 Å². The van der Waals surface area contributed by atoms with Crippen molar-refractivity contribution in [3.05, 3.63) is 0 Å². The fraction of sp³-hybridized carbons (Fsp3) is 0.857. The van der Waals surface area contributed by atoms with Crippen molar-refractivity contribution in [3.8, 4) is 0 Å². The van der Waals surface area contributed by atoms with Crippen molar-refractivity contribution in [3.63, 3.8) is 0 Å². The van der Waals surface area contributed by atoms with E-state index in [1.165, 1.54) is 0 Å². The average Bonchev–Trinajstić information content (AvgIpc) is 2.54. The van der Waals surface area contributed by atoms with Crippen molar-refractivity contribution in [2.45, 2.75) is 6.04 Å². The van der Waals surface area contributed by atoms with Gasteiger partial charge in [0.1, 0.15) is 0 Å². The molecule has 1 amide bonds. The Kier molecular flexibility index (Phi) is 1.58. The summed E-state index contributed by atoms with van der Waals surface area (Å²) in [6.45, 7) is 1.69. The van der Waals surface area contributed by atoms with Crippen molar-refractivity contribution in [1.29, 1.82) is 0 Å². The minimum atomic E-state index is -0.0116. The van der Waals surface area contributed by atoms with Gasteiger partial charge in [0.15, 0.2) is 0 Å². The Labute approximate surface area is 65.0 Å². The number of hydrogen-bond acceptors (Lipinski definition) is 3. The summed E-state index contributed by atoms with van der Waals surface area (Å²) in [5.74, 6) is 0.513. The zero-order valence-corrected chi connectivity index (χ0v) is 6.21. The summed E-state index contributed by atoms with van der Waals surface area (Å²) in [5, 5.41) is 14.8. The number of amides is 1. The molecular weight excluding hydrogens is 144 g/mol. The first kappa shape index (κ1) is 7.06. The van der Waals surface area contributed by atoms with Crippen molar-refractivity contribution in [2.75, 3.05) is 19.7 Å². The maximum Gasteiger partial charge on any atom is 0.225 e. The van der Waals surface area contributed by atoms with Gasteiger partial charge in [0.25, 0.3) is 0 Å². The van der Waals surface area contributed by atoms with Gasteiger partial charge in [-0.15, -0.1) is 0 Å². The van der Waals surface area contributed by atoms with Crippen molar-refractivity contribution in [1.82, 2.24) is 10.6 Å². The minimum absolute atomic E-state index is 0.0116. The van der Waals surface area contributed by atoms with Crippen LogP contribution < -0.4 is 10.6 Å². The van der Waals surface area contributed by atoms with Crippen LogP contribution in [0.25, 0.3) is 0 Å². The van der Waals surface area contributed by atoms with Crippen LogP contribution in [0.3, 0.4) is 0 Å². The summed E-state index contributed by atoms with van der Waals surface area (Å²) < 4.78 is 0. The molecule has 3 unspecified atom stereocenters. The number of rotatable bonds is 1. The normalized spacial score (nSPS) is 42.3. The maximum atomic E-state index is 11.2. The molecule has 0 saturated carbocycles. The van der Waals surface area contributed by atoms with E-state index in [9.17, 15) is 4.79 Å². The van der Waals surface area contributed by atoms with Gasteiger partial charge in [-0.05, 0) is 0 Å². The molecule has 0 aromatic rings. The second-order valence-electron chi connectivity index (χ2n) is 3.23. The smallest absolute Gasteiger partial charge is 0.225 e. The van der Waals surface area contributed by atoms with Gasteiger partial charge in [-0.1, -0.05) is 0 Å². The van der Waals surface area contributed by atoms with E-state index in [-0.39, 0.29) is 24.5 Å². The standard InChI is InChI=1S/C7H12N2O2/c10-3-6-4-1-8-2-5(4)7(11)9-6/h4-6,8,10H,1-3H2,(H,9,11). The number of aliphatic hydroxyl groups excluding tert-OH is 1. The van der Waals surface area contributed by atoms with E-state index in [1.807, 2.05) is 0 Å². The number of carbonyl (C=O) groups is 1. The summed E-state index contributed by atoms with van der Waals surface area (Å²) in [4.78, 5) is 11.2. The van der Waals surface area contributed by atoms with Gasteiger partial charge in [0.05, 0.1) is 18.6 Å². The van der Waals surface area contributed by atoms with E-state index in [4.69, 9.17) is 5.11 Å². The fourth-order valence-corrected chi connectivity index (χ4v) is 1.99. The monoisotopic (exact) mass is 156 g/mol. The predicted molar refractivity (Wildman–Crippen MR) is 38.9 cm³/mol. The predicted octanol–water partition coefficient (Wildman–Crippen LogP) is -1.69. The van der Waals surface area contributed by atoms with Gasteiger partial charge in [-0.25, -0.2) is 0 Å². The van der Waals surface area contributed by atoms with Crippen LogP contribution in [-0.2, 0) is 4.79 Å². The molecule has 0 aliphatic carbocycles. The molecule has 0 radical (unpaired) electrons. The van der Waals surface area contributed by atoms with Gasteiger partial charge in [-0.3, -0.25) is 4.79 Å². The van der Waals surface area contributed by atoms with Crippen LogP contribution in [0.4, 0.5) is 0 Å². The van der Waals surface area contributed by atoms with E-state index in [0.717, 1.165) is 13.1 Å². The highest BCUT2D eigenvalue weighted by atomic mass is 16.3. The quantitative estimate of drug-likeness (QED) is 0.424. The second kappa shape index (κ2) is 2.46. The topological polar surface area (TPSA) is 61.4 Å². The molecule has 2 aliphatic rings. The molecule has 2 heterocycles. The van der Waals surface area contributed by atoms with E-state index in [0.29, 0.717) is 5.92 Å². The number of carbonyl (C=O) groups excluding carboxylic acids is 1. The first-order valence-electron chi connectivity index (χ1n) is 3.95. The Bertz CT molecular complexity index is 183. The number of hydrogen-bond donors (Lipinski definition) is 3. The van der Waals surface area contributed by atoms with Gasteiger partial charge in [0, 0.05) is 19.0 Å². The van der Waals surface area contributed by atoms with Crippen LogP contribution in [0.5, 0.6) is 0 Å². The van der Waals surface area contributed by atoms with Gasteiger partial charge < -0.3 is 15.7 Å². The molecule has 0 aromatic carbocycles. The third-order valence-electron chi connectivity index (χ3n) is 2.64. The molecule has 2 rings (SSSR count). The zero-order valence-electron chi connectivity index (χ0n) is 6.21. The number of fused-ring (bicyclic) bond motifs is 1. The highest BCUT2D eigenvalue weighted by Gasteiger charge is 2.44. The molecule has 2 fully saturated rings. The Morgan fingerprint density at radius 1 is 1.55 bits per heavy atom. The summed E-state index contributed by atoms with van der Waals surface area (Å²) in [6.07, 6.45) is 0. The molecule has 0 aromatic heterocycles. The van der Waals surface area contributed by atoms with Crippen LogP contribution in [-0.4, -0.2) is 36.8 Å². The zero-order chi connectivity index (χ0) is 7.84. The van der Waals surface area contributed by atoms with E-state index in [1.54, 1.807) is 0 Å². The van der Waals surface area contributed by atoms with E-state index < -0.39 is 0 Å². The van der Waals surface area contributed by atoms with Crippen molar-refractivity contribution < 1.29 is 9.90 Å². The first-order chi connectivity index (χ1) is 5.33. The summed E-state index contributed by atoms with van der Waals surface area (Å²) >= 11 is 0. The second-order valence-corrected chi connectivity index (χ2v) is 3.23. The first-order valence-corrected chi connectivity index (χ1v) is 3.95. The largest absolute Gasteiger partial charge is 0.394 e. The minimum Gasteiger partial charge on any atom is -0.394 e. The molecule has 3 atom stereocenters. The third kappa shape index (κ3) is 0.937. The van der Waals surface area contributed by atoms with Crippen molar-refractivity contribution in [2.24, 2.45) is 11.8 Å². The van der Waals surface area contributed by atoms with E-state index in [2.05, 4.69) is 10.6 Å². The van der Waals surface area contributed by atoms with Crippen LogP contribution in [0, 0.1) is 11.8 Å². The number of nitrogens with one attached hydrogen (secondary N) is 2. The molecule has 4 heteroatoms. The van der Waals surface area contributed by atoms with Gasteiger partial charge in [0.2, 0.25) is 5.91 Å². The highest BCUT2D eigenvalue weighted by Crippen LogP contribution is 2.26. The lowest BCUT2D eigenvalue weighted by atomic mass is 9.94. The highest BCUT2D eigenvalue weighted by molar-refractivity contribution is 5.82. The Balaban J connectivity index is 2.13. The third-order valence-corrected chi connectivity index (χ3v) is 2.64. The maximum absolute atomic E-state index is 11.2. The number of aliphatic hydroxyl groups is 1. The van der Waals surface area contributed by atoms with Crippen LogP contribution >= 0.6 is 0 Å². The molecule has 62 valence electrons. The van der Waals surface area contributed by atoms with Gasteiger partial charge >= 0.3 is 0 Å². The lowest BCUT2D eigenvalue weighted by molar-refractivity contribution is -0.122. The molecule has 3 N–H and O–H groups in total. The molecule has 0 spiro atoms. The lowest BCUT2D eigenvalue weighted by Gasteiger charge is -2.12. The van der Waals surface area contributed by atoms with Crippen LogP contribution in [0.2, 0.25) is 0 Å². The molecule has 4 nitrogen and oxygen atoms in total. The summed E-state index contributed by atoms with van der Waals surface area (Å²) in [7, 11) is 0. The van der Waals surface area contributed by atoms with Crippen molar-refractivity contribution >= 4 is 5.91 Å². The SMILES string of the molecule is O=C1NC(CO)C2CNCC12. The molecule has 0 bridgehead atoms. The summed E-state index contributed by atoms with van der Waals surface area (Å²) in [6, 6.07) is -0.0116.